The summed E-state index contributed by atoms with van der Waals surface area (Å²) in [4.78, 5) is 0. The lowest BCUT2D eigenvalue weighted by Crippen LogP contribution is -2.09. The average molecular weight is 368 g/mol. The van der Waals surface area contributed by atoms with E-state index >= 15 is 0 Å². The minimum Gasteiger partial charge on any atom is -0.493 e. The molecule has 0 spiro atoms. The fourth-order valence-corrected chi connectivity index (χ4v) is 2.33. The van der Waals surface area contributed by atoms with E-state index in [0.29, 0.717) is 28.5 Å². The summed E-state index contributed by atoms with van der Waals surface area (Å²) < 4.78 is 54.9. The molecule has 0 atom stereocenters. The number of nitrogens with zero attached hydrogens (tertiary/aromatic N) is 1. The number of hydrogen-bond donors (Lipinski definition) is 1. The van der Waals surface area contributed by atoms with Crippen LogP contribution < -0.4 is 19.6 Å². The Bertz CT molecular complexity index is 780. The molecule has 26 heavy (non-hydrogen) atoms. The smallest absolute Gasteiger partial charge is 0.418 e. The number of alkyl halides is 3. The molecule has 0 amide bonds. The number of nitrogens with one attached hydrogen (secondary N) is 1. The number of rotatable bonds is 6. The van der Waals surface area contributed by atoms with Crippen molar-refractivity contribution in [1.82, 2.24) is 0 Å². The average Bonchev–Trinajstić information content (AvgIpc) is 2.64. The summed E-state index contributed by atoms with van der Waals surface area (Å²) in [7, 11) is 4.44. The molecular weight excluding hydrogens is 349 g/mol. The maximum atomic E-state index is 13.0. The third-order valence-electron chi connectivity index (χ3n) is 3.66. The summed E-state index contributed by atoms with van der Waals surface area (Å²) in [5.41, 5.74) is 2.61. The van der Waals surface area contributed by atoms with Crippen LogP contribution in [0.25, 0.3) is 0 Å². The Balaban J connectivity index is 2.37. The van der Waals surface area contributed by atoms with Crippen LogP contribution in [0.3, 0.4) is 0 Å². The van der Waals surface area contributed by atoms with E-state index in [1.165, 1.54) is 39.5 Å². The van der Waals surface area contributed by atoms with Crippen molar-refractivity contribution in [2.45, 2.75) is 13.1 Å². The minimum atomic E-state index is -4.47. The van der Waals surface area contributed by atoms with Gasteiger partial charge in [-0.2, -0.15) is 18.3 Å². The van der Waals surface area contributed by atoms with Gasteiger partial charge in [0.15, 0.2) is 11.5 Å². The molecule has 2 aromatic rings. The third kappa shape index (κ3) is 4.19. The van der Waals surface area contributed by atoms with Crippen LogP contribution >= 0.6 is 0 Å². The maximum Gasteiger partial charge on any atom is 0.418 e. The Labute approximate surface area is 149 Å². The summed E-state index contributed by atoms with van der Waals surface area (Å²) in [5, 5.41) is 4.06. The summed E-state index contributed by atoms with van der Waals surface area (Å²) in [5.74, 6) is 1.26. The predicted molar refractivity (Wildman–Crippen MR) is 93.4 cm³/mol. The predicted octanol–water partition coefficient (Wildman–Crippen LogP) is 4.57. The molecule has 5 nitrogen and oxygen atoms in total. The monoisotopic (exact) mass is 368 g/mol. The first kappa shape index (κ1) is 19.4. The van der Waals surface area contributed by atoms with Crippen molar-refractivity contribution >= 4 is 11.4 Å². The molecule has 0 bridgehead atoms. The Morgan fingerprint density at radius 2 is 1.54 bits per heavy atom. The molecule has 2 rings (SSSR count). The van der Waals surface area contributed by atoms with Crippen LogP contribution in [0, 0.1) is 0 Å². The molecule has 1 N–H and O–H groups in total. The van der Waals surface area contributed by atoms with Crippen LogP contribution in [0.4, 0.5) is 18.9 Å². The van der Waals surface area contributed by atoms with Gasteiger partial charge in [0, 0.05) is 5.56 Å². The molecule has 0 aromatic heterocycles. The molecule has 0 aliphatic rings. The summed E-state index contributed by atoms with van der Waals surface area (Å²) in [6, 6.07) is 8.46. The topological polar surface area (TPSA) is 52.1 Å². The van der Waals surface area contributed by atoms with Gasteiger partial charge < -0.3 is 14.2 Å². The normalized spacial score (nSPS) is 11.9. The highest BCUT2D eigenvalue weighted by Crippen LogP contribution is 2.38. The number of hydrogen-bond acceptors (Lipinski definition) is 5. The van der Waals surface area contributed by atoms with Crippen LogP contribution in [-0.2, 0) is 6.18 Å². The Hall–Kier alpha value is -2.90. The second kappa shape index (κ2) is 7.99. The molecule has 0 radical (unpaired) electrons. The zero-order valence-corrected chi connectivity index (χ0v) is 14.8. The second-order valence-electron chi connectivity index (χ2n) is 5.27. The van der Waals surface area contributed by atoms with E-state index in [1.807, 2.05) is 0 Å². The molecule has 0 aliphatic heterocycles. The highest BCUT2D eigenvalue weighted by atomic mass is 19.4. The van der Waals surface area contributed by atoms with E-state index in [4.69, 9.17) is 14.2 Å². The first-order valence-electron chi connectivity index (χ1n) is 7.58. The summed E-state index contributed by atoms with van der Waals surface area (Å²) >= 11 is 0. The van der Waals surface area contributed by atoms with E-state index in [2.05, 4.69) is 10.5 Å². The van der Waals surface area contributed by atoms with Crippen molar-refractivity contribution in [2.24, 2.45) is 5.10 Å². The lowest BCUT2D eigenvalue weighted by molar-refractivity contribution is -0.136. The molecule has 0 fully saturated rings. The Morgan fingerprint density at radius 3 is 2.04 bits per heavy atom. The van der Waals surface area contributed by atoms with Gasteiger partial charge in [0.1, 0.15) is 0 Å². The first-order chi connectivity index (χ1) is 12.3. The van der Waals surface area contributed by atoms with E-state index in [-0.39, 0.29) is 5.69 Å². The molecule has 0 aliphatic carbocycles. The van der Waals surface area contributed by atoms with Gasteiger partial charge in [0.25, 0.3) is 0 Å². The van der Waals surface area contributed by atoms with Crippen molar-refractivity contribution in [2.75, 3.05) is 26.8 Å². The van der Waals surface area contributed by atoms with Gasteiger partial charge in [-0.3, -0.25) is 5.43 Å². The molecule has 0 heterocycles. The molecule has 2 aromatic carbocycles. The lowest BCUT2D eigenvalue weighted by atomic mass is 10.1. The lowest BCUT2D eigenvalue weighted by Gasteiger charge is -2.15. The van der Waals surface area contributed by atoms with Crippen molar-refractivity contribution in [3.63, 3.8) is 0 Å². The molecule has 8 heteroatoms. The summed E-state index contributed by atoms with van der Waals surface area (Å²) in [6.45, 7) is 1.66. The number of benzene rings is 2. The van der Waals surface area contributed by atoms with E-state index < -0.39 is 11.7 Å². The minimum absolute atomic E-state index is 0.133. The van der Waals surface area contributed by atoms with E-state index in [0.717, 1.165) is 6.07 Å². The Morgan fingerprint density at radius 1 is 0.962 bits per heavy atom. The zero-order valence-electron chi connectivity index (χ0n) is 14.8. The fourth-order valence-electron chi connectivity index (χ4n) is 2.33. The second-order valence-corrected chi connectivity index (χ2v) is 5.27. The van der Waals surface area contributed by atoms with Crippen LogP contribution in [0.5, 0.6) is 17.2 Å². The highest BCUT2D eigenvalue weighted by Gasteiger charge is 2.33. The SMILES string of the molecule is COc1cc(C(C)=NNc2ccccc2C(F)(F)F)cc(OC)c1OC. The number of ether oxygens (including phenoxy) is 3. The van der Waals surface area contributed by atoms with Gasteiger partial charge >= 0.3 is 6.18 Å². The fraction of sp³-hybridized carbons (Fsp3) is 0.278. The van der Waals surface area contributed by atoms with E-state index in [1.54, 1.807) is 19.1 Å². The van der Waals surface area contributed by atoms with Gasteiger partial charge in [0.05, 0.1) is 38.3 Å². The van der Waals surface area contributed by atoms with Crippen LogP contribution in [-0.4, -0.2) is 27.0 Å². The van der Waals surface area contributed by atoms with Crippen molar-refractivity contribution in [3.8, 4) is 17.2 Å². The Kier molecular flexibility index (Phi) is 5.97. The molecular formula is C18H19F3N2O3. The molecule has 0 saturated carbocycles. The van der Waals surface area contributed by atoms with Gasteiger partial charge in [0.2, 0.25) is 5.75 Å². The molecule has 0 saturated heterocycles. The standard InChI is InChI=1S/C18H19F3N2O3/c1-11(12-9-15(24-2)17(26-4)16(10-12)25-3)22-23-14-8-6-5-7-13(14)18(19,20)21/h5-10,23H,1-4H3. The zero-order chi connectivity index (χ0) is 19.3. The van der Waals surface area contributed by atoms with Crippen LogP contribution in [0.1, 0.15) is 18.1 Å². The van der Waals surface area contributed by atoms with Gasteiger partial charge in [-0.1, -0.05) is 12.1 Å². The number of hydrazone groups is 1. The largest absolute Gasteiger partial charge is 0.493 e. The first-order valence-corrected chi connectivity index (χ1v) is 7.58. The number of anilines is 1. The van der Waals surface area contributed by atoms with Gasteiger partial charge in [-0.15, -0.1) is 0 Å². The van der Waals surface area contributed by atoms with Gasteiger partial charge in [-0.25, -0.2) is 0 Å². The number of para-hydroxylation sites is 1. The molecule has 140 valence electrons. The summed E-state index contributed by atoms with van der Waals surface area (Å²) in [6.07, 6.45) is -4.47. The third-order valence-corrected chi connectivity index (χ3v) is 3.66. The number of methoxy groups -OCH3 is 3. The maximum absolute atomic E-state index is 13.0. The quantitative estimate of drug-likeness (QED) is 0.600. The van der Waals surface area contributed by atoms with Crippen LogP contribution in [0.2, 0.25) is 0 Å². The van der Waals surface area contributed by atoms with Gasteiger partial charge in [-0.05, 0) is 31.2 Å². The molecule has 0 unspecified atom stereocenters. The van der Waals surface area contributed by atoms with E-state index in [9.17, 15) is 13.2 Å². The van der Waals surface area contributed by atoms with Crippen LogP contribution in [0.15, 0.2) is 41.5 Å². The van der Waals surface area contributed by atoms with Crippen molar-refractivity contribution < 1.29 is 27.4 Å². The number of halogens is 3. The highest BCUT2D eigenvalue weighted by molar-refractivity contribution is 6.00. The van der Waals surface area contributed by atoms with Crippen molar-refractivity contribution in [1.29, 1.82) is 0 Å². The van der Waals surface area contributed by atoms with Crippen molar-refractivity contribution in [3.05, 3.63) is 47.5 Å².